The zero-order valence-corrected chi connectivity index (χ0v) is 18.8. The van der Waals surface area contributed by atoms with Gasteiger partial charge in [-0.15, -0.1) is 0 Å². The molecule has 0 radical (unpaired) electrons. The van der Waals surface area contributed by atoms with Crippen LogP contribution in [0.3, 0.4) is 0 Å². The molecule has 0 spiro atoms. The number of nitrogens with zero attached hydrogens (tertiary/aromatic N) is 1. The van der Waals surface area contributed by atoms with E-state index >= 15 is 0 Å². The number of rotatable bonds is 5. The monoisotopic (exact) mass is 489 g/mol. The number of hydrogen-bond acceptors (Lipinski definition) is 5. The Bertz CT molecular complexity index is 1440. The van der Waals surface area contributed by atoms with Crippen LogP contribution in [-0.4, -0.2) is 24.0 Å². The maximum absolute atomic E-state index is 13.0. The highest BCUT2D eigenvalue weighted by atomic mass is 35.5. The Labute approximate surface area is 204 Å². The maximum Gasteiger partial charge on any atom is 0.343 e. The Morgan fingerprint density at radius 1 is 0.857 bits per heavy atom. The van der Waals surface area contributed by atoms with Gasteiger partial charge < -0.3 is 10.1 Å². The Morgan fingerprint density at radius 3 is 2.31 bits per heavy atom. The van der Waals surface area contributed by atoms with Gasteiger partial charge in [0, 0.05) is 16.3 Å². The molecule has 4 aromatic carbocycles. The van der Waals surface area contributed by atoms with E-state index in [9.17, 15) is 18.8 Å². The summed E-state index contributed by atoms with van der Waals surface area (Å²) in [6.07, 6.45) is 1.29. The fourth-order valence-corrected chi connectivity index (χ4v) is 3.30. The summed E-state index contributed by atoms with van der Waals surface area (Å²) in [6, 6.07) is 21.9. The molecule has 4 rings (SSSR count). The van der Waals surface area contributed by atoms with Crippen molar-refractivity contribution < 1.29 is 23.5 Å². The number of carbonyl (C=O) groups excluding carboxylic acids is 3. The van der Waals surface area contributed by atoms with Crippen LogP contribution in [0.4, 0.5) is 10.1 Å². The molecule has 0 saturated heterocycles. The third-order valence-corrected chi connectivity index (χ3v) is 5.13. The first-order valence-corrected chi connectivity index (χ1v) is 10.7. The van der Waals surface area contributed by atoms with Gasteiger partial charge in [-0.25, -0.2) is 14.6 Å². The molecule has 35 heavy (non-hydrogen) atoms. The molecule has 0 aromatic heterocycles. The lowest BCUT2D eigenvalue weighted by Gasteiger charge is -2.10. The predicted molar refractivity (Wildman–Crippen MR) is 131 cm³/mol. The topological polar surface area (TPSA) is 96.9 Å². The second-order valence-electron chi connectivity index (χ2n) is 7.26. The minimum Gasteiger partial charge on any atom is -0.422 e. The summed E-state index contributed by atoms with van der Waals surface area (Å²) in [7, 11) is 0. The average Bonchev–Trinajstić information content (AvgIpc) is 2.86. The largest absolute Gasteiger partial charge is 0.422 e. The van der Waals surface area contributed by atoms with Crippen molar-refractivity contribution in [3.05, 3.63) is 107 Å². The molecule has 0 atom stereocenters. The van der Waals surface area contributed by atoms with Gasteiger partial charge in [0.05, 0.1) is 11.8 Å². The molecule has 0 bridgehead atoms. The van der Waals surface area contributed by atoms with E-state index in [-0.39, 0.29) is 11.4 Å². The van der Waals surface area contributed by atoms with Gasteiger partial charge in [0.2, 0.25) is 0 Å². The molecule has 7 nitrogen and oxygen atoms in total. The summed E-state index contributed by atoms with van der Waals surface area (Å²) < 4.78 is 18.6. The number of halogens is 2. The number of esters is 1. The molecule has 0 aliphatic carbocycles. The summed E-state index contributed by atoms with van der Waals surface area (Å²) in [5.74, 6) is -2.89. The summed E-state index contributed by atoms with van der Waals surface area (Å²) in [5, 5.41) is 8.25. The highest BCUT2D eigenvalue weighted by molar-refractivity contribution is 6.39. The van der Waals surface area contributed by atoms with Crippen molar-refractivity contribution in [1.29, 1.82) is 0 Å². The summed E-state index contributed by atoms with van der Waals surface area (Å²) in [4.78, 5) is 36.8. The van der Waals surface area contributed by atoms with Gasteiger partial charge in [0.15, 0.2) is 0 Å². The summed E-state index contributed by atoms with van der Waals surface area (Å²) in [6.45, 7) is 0. The Kier molecular flexibility index (Phi) is 7.13. The molecular weight excluding hydrogens is 473 g/mol. The van der Waals surface area contributed by atoms with E-state index < -0.39 is 23.6 Å². The Hall–Kier alpha value is -4.56. The lowest BCUT2D eigenvalue weighted by Crippen LogP contribution is -2.32. The van der Waals surface area contributed by atoms with Crippen molar-refractivity contribution in [2.24, 2.45) is 5.10 Å². The standard InChI is InChI=1S/C26H17ClFN3O4/c27-18-8-5-17(6-9-18)26(34)35-23-14-7-16-3-1-2-4-21(16)22(23)15-29-31-25(33)24(32)30-20-12-10-19(28)11-13-20/h1-15H,(H,30,32)(H,31,33). The number of hydrogen-bond donors (Lipinski definition) is 2. The normalized spacial score (nSPS) is 10.8. The quantitative estimate of drug-likeness (QED) is 0.136. The molecule has 0 fully saturated rings. The summed E-state index contributed by atoms with van der Waals surface area (Å²) >= 11 is 5.88. The number of amides is 2. The van der Waals surface area contributed by atoms with Crippen LogP contribution in [0.5, 0.6) is 5.75 Å². The van der Waals surface area contributed by atoms with Crippen molar-refractivity contribution in [1.82, 2.24) is 5.43 Å². The number of nitrogens with one attached hydrogen (secondary N) is 2. The number of anilines is 1. The van der Waals surface area contributed by atoms with Crippen LogP contribution in [0.2, 0.25) is 5.02 Å². The van der Waals surface area contributed by atoms with Crippen LogP contribution >= 0.6 is 11.6 Å². The van der Waals surface area contributed by atoms with Gasteiger partial charge >= 0.3 is 17.8 Å². The average molecular weight is 490 g/mol. The first-order valence-electron chi connectivity index (χ1n) is 10.3. The molecule has 9 heteroatoms. The smallest absolute Gasteiger partial charge is 0.343 e. The first-order chi connectivity index (χ1) is 16.9. The molecule has 4 aromatic rings. The van der Waals surface area contributed by atoms with Crippen molar-refractivity contribution in [2.45, 2.75) is 0 Å². The van der Waals surface area contributed by atoms with Gasteiger partial charge in [0.1, 0.15) is 11.6 Å². The fraction of sp³-hybridized carbons (Fsp3) is 0. The van der Waals surface area contributed by atoms with E-state index in [1.165, 1.54) is 18.3 Å². The number of carbonyl (C=O) groups is 3. The fourth-order valence-electron chi connectivity index (χ4n) is 3.17. The van der Waals surface area contributed by atoms with E-state index in [1.807, 2.05) is 12.1 Å². The number of benzene rings is 4. The SMILES string of the molecule is O=C(NN=Cc1c(OC(=O)c2ccc(Cl)cc2)ccc2ccccc12)C(=O)Nc1ccc(F)cc1. The van der Waals surface area contributed by atoms with Gasteiger partial charge in [-0.05, 0) is 65.4 Å². The molecule has 174 valence electrons. The summed E-state index contributed by atoms with van der Waals surface area (Å²) in [5.41, 5.74) is 3.11. The zero-order valence-electron chi connectivity index (χ0n) is 18.0. The third kappa shape index (κ3) is 5.87. The van der Waals surface area contributed by atoms with Crippen LogP contribution < -0.4 is 15.5 Å². The van der Waals surface area contributed by atoms with E-state index in [2.05, 4.69) is 15.8 Å². The van der Waals surface area contributed by atoms with Crippen LogP contribution in [0.25, 0.3) is 10.8 Å². The van der Waals surface area contributed by atoms with Gasteiger partial charge in [-0.3, -0.25) is 9.59 Å². The highest BCUT2D eigenvalue weighted by Gasteiger charge is 2.15. The zero-order chi connectivity index (χ0) is 24.8. The molecule has 2 N–H and O–H groups in total. The van der Waals surface area contributed by atoms with Crippen molar-refractivity contribution in [3.8, 4) is 5.75 Å². The number of fused-ring (bicyclic) bond motifs is 1. The molecular formula is C26H17ClFN3O4. The molecule has 0 unspecified atom stereocenters. The maximum atomic E-state index is 13.0. The lowest BCUT2D eigenvalue weighted by atomic mass is 10.0. The van der Waals surface area contributed by atoms with Crippen molar-refractivity contribution >= 4 is 52.1 Å². The second-order valence-corrected chi connectivity index (χ2v) is 7.69. The van der Waals surface area contributed by atoms with Gasteiger partial charge in [-0.1, -0.05) is 41.9 Å². The van der Waals surface area contributed by atoms with Crippen LogP contribution in [-0.2, 0) is 9.59 Å². The van der Waals surface area contributed by atoms with Gasteiger partial charge in [0.25, 0.3) is 0 Å². The lowest BCUT2D eigenvalue weighted by molar-refractivity contribution is -0.136. The van der Waals surface area contributed by atoms with E-state index in [0.717, 1.165) is 17.5 Å². The predicted octanol–water partition coefficient (Wildman–Crippen LogP) is 4.94. The van der Waals surface area contributed by atoms with Crippen LogP contribution in [0, 0.1) is 5.82 Å². The highest BCUT2D eigenvalue weighted by Crippen LogP contribution is 2.27. The molecule has 2 amide bonds. The molecule has 0 aliphatic heterocycles. The van der Waals surface area contributed by atoms with Gasteiger partial charge in [-0.2, -0.15) is 5.10 Å². The van der Waals surface area contributed by atoms with E-state index in [1.54, 1.807) is 48.5 Å². The van der Waals surface area contributed by atoms with Crippen LogP contribution in [0.15, 0.2) is 90.0 Å². The van der Waals surface area contributed by atoms with Crippen molar-refractivity contribution in [2.75, 3.05) is 5.32 Å². The van der Waals surface area contributed by atoms with Crippen molar-refractivity contribution in [3.63, 3.8) is 0 Å². The Balaban J connectivity index is 1.53. The number of hydrazone groups is 1. The molecule has 0 aliphatic rings. The molecule has 0 heterocycles. The van der Waals surface area contributed by atoms with E-state index in [4.69, 9.17) is 16.3 Å². The molecule has 0 saturated carbocycles. The first kappa shape index (κ1) is 23.6. The minimum atomic E-state index is -1.04. The minimum absolute atomic E-state index is 0.206. The third-order valence-electron chi connectivity index (χ3n) is 4.88. The number of ether oxygens (including phenoxy) is 1. The Morgan fingerprint density at radius 2 is 1.57 bits per heavy atom. The van der Waals surface area contributed by atoms with Crippen LogP contribution in [0.1, 0.15) is 15.9 Å². The second kappa shape index (κ2) is 10.6. The van der Waals surface area contributed by atoms with E-state index in [0.29, 0.717) is 21.5 Å².